The summed E-state index contributed by atoms with van der Waals surface area (Å²) in [6, 6.07) is 21.0. The Labute approximate surface area is 101 Å². The highest BCUT2D eigenvalue weighted by atomic mass is 32.2. The highest BCUT2D eigenvalue weighted by molar-refractivity contribution is 8.01. The van der Waals surface area contributed by atoms with E-state index in [1.165, 1.54) is 16.7 Å². The van der Waals surface area contributed by atoms with Crippen molar-refractivity contribution < 1.29 is 0 Å². The Kier molecular flexibility index (Phi) is 3.84. The number of hydrogen-bond donors (Lipinski definition) is 0. The third kappa shape index (κ3) is 2.56. The Balaban J connectivity index is 2.44. The van der Waals surface area contributed by atoms with Gasteiger partial charge in [0.1, 0.15) is 0 Å². The third-order valence-corrected chi connectivity index (χ3v) is 2.88. The second-order valence-electron chi connectivity index (χ2n) is 3.50. The molecule has 0 aliphatic heterocycles. The number of rotatable bonds is 3. The van der Waals surface area contributed by atoms with Crippen molar-refractivity contribution in [2.75, 3.05) is 6.26 Å². The summed E-state index contributed by atoms with van der Waals surface area (Å²) in [6.07, 6.45) is 2.09. The van der Waals surface area contributed by atoms with Gasteiger partial charge in [0.2, 0.25) is 0 Å². The first-order valence-corrected chi connectivity index (χ1v) is 6.54. The van der Waals surface area contributed by atoms with Gasteiger partial charge in [0.15, 0.2) is 0 Å². The van der Waals surface area contributed by atoms with Gasteiger partial charge < -0.3 is 0 Å². The third-order valence-electron chi connectivity index (χ3n) is 2.41. The van der Waals surface area contributed by atoms with Crippen LogP contribution in [0, 0.1) is 0 Å². The van der Waals surface area contributed by atoms with Crippen molar-refractivity contribution in [3.8, 4) is 0 Å². The van der Waals surface area contributed by atoms with E-state index < -0.39 is 0 Å². The summed E-state index contributed by atoms with van der Waals surface area (Å²) in [5.74, 6) is 0. The van der Waals surface area contributed by atoms with E-state index in [2.05, 4.69) is 60.2 Å². The molecule has 80 valence electrons. The van der Waals surface area contributed by atoms with Crippen LogP contribution in [0.25, 0.3) is 5.57 Å². The van der Waals surface area contributed by atoms with Gasteiger partial charge in [0.05, 0.1) is 0 Å². The summed E-state index contributed by atoms with van der Waals surface area (Å²) >= 11 is 1.74. The molecule has 0 nitrogen and oxygen atoms in total. The molecule has 0 aromatic heterocycles. The van der Waals surface area contributed by atoms with Crippen LogP contribution < -0.4 is 0 Å². The van der Waals surface area contributed by atoms with Gasteiger partial charge in [-0.1, -0.05) is 60.7 Å². The van der Waals surface area contributed by atoms with Crippen LogP contribution in [0.2, 0.25) is 0 Å². The lowest BCUT2D eigenvalue weighted by molar-refractivity contribution is 1.55. The highest BCUT2D eigenvalue weighted by Crippen LogP contribution is 2.25. The predicted octanol–water partition coefficient (Wildman–Crippen LogP) is 4.44. The molecule has 0 saturated carbocycles. The maximum absolute atomic E-state index is 2.20. The molecule has 2 aromatic carbocycles. The molecule has 16 heavy (non-hydrogen) atoms. The molecule has 0 radical (unpaired) electrons. The molecule has 0 aliphatic rings. The summed E-state index contributed by atoms with van der Waals surface area (Å²) in [4.78, 5) is 0. The first-order valence-electron chi connectivity index (χ1n) is 5.25. The fourth-order valence-electron chi connectivity index (χ4n) is 1.66. The van der Waals surface area contributed by atoms with E-state index in [4.69, 9.17) is 0 Å². The Hall–Kier alpha value is -1.47. The van der Waals surface area contributed by atoms with E-state index in [1.54, 1.807) is 11.8 Å². The summed E-state index contributed by atoms with van der Waals surface area (Å²) in [6.45, 7) is 0. The monoisotopic (exact) mass is 226 g/mol. The lowest BCUT2D eigenvalue weighted by Gasteiger charge is -2.07. The molecular weight excluding hydrogens is 212 g/mol. The van der Waals surface area contributed by atoms with Gasteiger partial charge in [0, 0.05) is 0 Å². The van der Waals surface area contributed by atoms with Crippen LogP contribution in [0.3, 0.4) is 0 Å². The van der Waals surface area contributed by atoms with Gasteiger partial charge in [-0.15, -0.1) is 11.8 Å². The Morgan fingerprint density at radius 1 is 0.812 bits per heavy atom. The average Bonchev–Trinajstić information content (AvgIpc) is 2.38. The second kappa shape index (κ2) is 5.57. The van der Waals surface area contributed by atoms with E-state index in [-0.39, 0.29) is 0 Å². The number of benzene rings is 2. The van der Waals surface area contributed by atoms with Crippen molar-refractivity contribution in [1.82, 2.24) is 0 Å². The van der Waals surface area contributed by atoms with E-state index in [9.17, 15) is 0 Å². The van der Waals surface area contributed by atoms with Gasteiger partial charge >= 0.3 is 0 Å². The Morgan fingerprint density at radius 3 is 1.62 bits per heavy atom. The average molecular weight is 226 g/mol. The number of thioether (sulfide) groups is 1. The maximum atomic E-state index is 2.20. The van der Waals surface area contributed by atoms with Gasteiger partial charge in [-0.25, -0.2) is 0 Å². The van der Waals surface area contributed by atoms with Gasteiger partial charge in [-0.3, -0.25) is 0 Å². The minimum Gasteiger partial charge on any atom is -0.137 e. The summed E-state index contributed by atoms with van der Waals surface area (Å²) in [5, 5.41) is 2.20. The first kappa shape index (κ1) is 11.0. The largest absolute Gasteiger partial charge is 0.137 e. The minimum atomic E-state index is 1.27. The van der Waals surface area contributed by atoms with Crippen molar-refractivity contribution in [2.45, 2.75) is 0 Å². The first-order chi connectivity index (χ1) is 7.92. The van der Waals surface area contributed by atoms with Crippen molar-refractivity contribution in [1.29, 1.82) is 0 Å². The van der Waals surface area contributed by atoms with E-state index >= 15 is 0 Å². The van der Waals surface area contributed by atoms with Crippen LogP contribution in [-0.4, -0.2) is 6.26 Å². The zero-order valence-corrected chi connectivity index (χ0v) is 10.1. The van der Waals surface area contributed by atoms with Crippen molar-refractivity contribution in [3.05, 3.63) is 77.2 Å². The fourth-order valence-corrected chi connectivity index (χ4v) is 2.16. The zero-order valence-electron chi connectivity index (χ0n) is 9.26. The van der Waals surface area contributed by atoms with Gasteiger partial charge in [-0.05, 0) is 28.4 Å². The van der Waals surface area contributed by atoms with E-state index in [1.807, 2.05) is 12.1 Å². The molecule has 0 bridgehead atoms. The molecule has 0 unspecified atom stereocenters. The molecule has 0 amide bonds. The van der Waals surface area contributed by atoms with Gasteiger partial charge in [0.25, 0.3) is 0 Å². The minimum absolute atomic E-state index is 1.27. The molecule has 0 aliphatic carbocycles. The smallest absolute Gasteiger partial charge is 0.00484 e. The molecular formula is C15H14S. The molecule has 0 heterocycles. The molecule has 2 rings (SSSR count). The van der Waals surface area contributed by atoms with Crippen LogP contribution in [0.5, 0.6) is 0 Å². The Bertz CT molecular complexity index is 416. The van der Waals surface area contributed by atoms with Crippen LogP contribution in [0.1, 0.15) is 11.1 Å². The number of hydrogen-bond acceptors (Lipinski definition) is 1. The molecule has 1 heteroatoms. The van der Waals surface area contributed by atoms with Crippen molar-refractivity contribution in [3.63, 3.8) is 0 Å². The summed E-state index contributed by atoms with van der Waals surface area (Å²) in [5.41, 5.74) is 3.82. The molecule has 0 spiro atoms. The molecule has 2 aromatic rings. The highest BCUT2D eigenvalue weighted by Gasteiger charge is 2.02. The lowest BCUT2D eigenvalue weighted by atomic mass is 10.00. The molecule has 0 atom stereocenters. The molecule has 0 fully saturated rings. The summed E-state index contributed by atoms with van der Waals surface area (Å²) in [7, 11) is 0. The normalized spacial score (nSPS) is 9.81. The van der Waals surface area contributed by atoms with Crippen LogP contribution >= 0.6 is 11.8 Å². The van der Waals surface area contributed by atoms with Crippen LogP contribution in [-0.2, 0) is 0 Å². The fraction of sp³-hybridized carbons (Fsp3) is 0.0667. The van der Waals surface area contributed by atoms with Crippen LogP contribution in [0.4, 0.5) is 0 Å². The standard InChI is InChI=1S/C15H14S/c1-16-12-15(13-8-4-2-5-9-13)14-10-6-3-7-11-14/h2-12H,1H3. The van der Waals surface area contributed by atoms with Crippen molar-refractivity contribution in [2.24, 2.45) is 0 Å². The Morgan fingerprint density at radius 2 is 1.25 bits per heavy atom. The summed E-state index contributed by atoms with van der Waals surface area (Å²) < 4.78 is 0. The zero-order chi connectivity index (χ0) is 11.2. The van der Waals surface area contributed by atoms with Crippen molar-refractivity contribution >= 4 is 17.3 Å². The predicted molar refractivity (Wildman–Crippen MR) is 73.5 cm³/mol. The van der Waals surface area contributed by atoms with E-state index in [0.717, 1.165) is 0 Å². The SMILES string of the molecule is CSC=C(c1ccccc1)c1ccccc1. The topological polar surface area (TPSA) is 0 Å². The molecule has 0 N–H and O–H groups in total. The lowest BCUT2D eigenvalue weighted by Crippen LogP contribution is -1.86. The second-order valence-corrected chi connectivity index (χ2v) is 4.21. The quantitative estimate of drug-likeness (QED) is 0.745. The molecule has 0 saturated heterocycles. The maximum Gasteiger partial charge on any atom is -0.00484 e. The van der Waals surface area contributed by atoms with Crippen LogP contribution in [0.15, 0.2) is 66.1 Å². The van der Waals surface area contributed by atoms with Gasteiger partial charge in [-0.2, -0.15) is 0 Å². The van der Waals surface area contributed by atoms with E-state index in [0.29, 0.717) is 0 Å².